The summed E-state index contributed by atoms with van der Waals surface area (Å²) in [5.41, 5.74) is 1.23. The van der Waals surface area contributed by atoms with Crippen LogP contribution in [-0.2, 0) is 36.1 Å². The first-order valence-electron chi connectivity index (χ1n) is 10.4. The summed E-state index contributed by atoms with van der Waals surface area (Å²) in [6.07, 6.45) is 0.773. The number of ether oxygens (including phenoxy) is 1. The molecular weight excluding hydrogens is 414 g/mol. The molecule has 0 unspecified atom stereocenters. The lowest BCUT2D eigenvalue weighted by Crippen LogP contribution is -2.28. The Bertz CT molecular complexity index is 1100. The lowest BCUT2D eigenvalue weighted by atomic mass is 10.2. The van der Waals surface area contributed by atoms with E-state index in [1.807, 2.05) is 23.6 Å². The molecule has 2 heterocycles. The van der Waals surface area contributed by atoms with Crippen molar-refractivity contribution >= 4 is 10.0 Å². The maximum atomic E-state index is 12.5. The predicted octanol–water partition coefficient (Wildman–Crippen LogP) is 2.21. The molecule has 3 aromatic rings. The quantitative estimate of drug-likeness (QED) is 0.577. The molecule has 0 atom stereocenters. The smallest absolute Gasteiger partial charge is 0.240 e. The zero-order valence-corrected chi connectivity index (χ0v) is 18.4. The van der Waals surface area contributed by atoms with Crippen molar-refractivity contribution in [2.45, 2.75) is 37.9 Å². The minimum atomic E-state index is -3.58. The molecule has 0 saturated heterocycles. The molecule has 1 aliphatic rings. The van der Waals surface area contributed by atoms with E-state index < -0.39 is 10.0 Å². The van der Waals surface area contributed by atoms with E-state index in [9.17, 15) is 8.42 Å². The van der Waals surface area contributed by atoms with Crippen LogP contribution in [0.3, 0.4) is 0 Å². The second-order valence-electron chi connectivity index (χ2n) is 7.42. The fourth-order valence-corrected chi connectivity index (χ4v) is 4.68. The molecule has 0 aliphatic carbocycles. The van der Waals surface area contributed by atoms with Crippen molar-refractivity contribution in [2.75, 3.05) is 19.7 Å². The predicted molar refractivity (Wildman–Crippen MR) is 117 cm³/mol. The van der Waals surface area contributed by atoms with Gasteiger partial charge in [-0.3, -0.25) is 4.90 Å². The molecule has 1 aromatic heterocycles. The zero-order chi connectivity index (χ0) is 21.7. The third-order valence-corrected chi connectivity index (χ3v) is 6.73. The normalized spacial score (nSPS) is 14.7. The van der Waals surface area contributed by atoms with E-state index in [1.165, 1.54) is 5.56 Å². The summed E-state index contributed by atoms with van der Waals surface area (Å²) >= 11 is 0. The molecule has 4 rings (SSSR count). The van der Waals surface area contributed by atoms with E-state index in [2.05, 4.69) is 32.0 Å². The number of benzene rings is 2. The highest BCUT2D eigenvalue weighted by molar-refractivity contribution is 7.89. The number of rotatable bonds is 8. The Morgan fingerprint density at radius 3 is 2.52 bits per heavy atom. The van der Waals surface area contributed by atoms with Crippen molar-refractivity contribution in [3.8, 4) is 5.75 Å². The van der Waals surface area contributed by atoms with Gasteiger partial charge >= 0.3 is 0 Å². The van der Waals surface area contributed by atoms with Gasteiger partial charge in [-0.15, -0.1) is 10.2 Å². The van der Waals surface area contributed by atoms with Crippen LogP contribution in [0.1, 0.15) is 24.1 Å². The molecule has 2 aromatic carbocycles. The van der Waals surface area contributed by atoms with Crippen LogP contribution in [0.2, 0.25) is 0 Å². The van der Waals surface area contributed by atoms with Gasteiger partial charge in [0.15, 0.2) is 0 Å². The van der Waals surface area contributed by atoms with Crippen molar-refractivity contribution in [3.05, 3.63) is 71.8 Å². The Labute approximate surface area is 182 Å². The van der Waals surface area contributed by atoms with Crippen LogP contribution in [0.4, 0.5) is 0 Å². The van der Waals surface area contributed by atoms with Gasteiger partial charge in [0.25, 0.3) is 0 Å². The number of hydrogen-bond donors (Lipinski definition) is 1. The van der Waals surface area contributed by atoms with Crippen LogP contribution in [0, 0.1) is 0 Å². The van der Waals surface area contributed by atoms with Crippen molar-refractivity contribution in [3.63, 3.8) is 0 Å². The molecule has 0 amide bonds. The Balaban J connectivity index is 1.37. The Morgan fingerprint density at radius 1 is 1.00 bits per heavy atom. The van der Waals surface area contributed by atoms with E-state index in [-0.39, 0.29) is 11.4 Å². The Hall–Kier alpha value is -2.75. The van der Waals surface area contributed by atoms with Crippen LogP contribution in [0.15, 0.2) is 59.5 Å². The SMILES string of the molecule is CCOc1ccc(CN2CCc3nnc(CNS(=O)(=O)c4ccccc4)n3CC2)cc1. The first-order valence-corrected chi connectivity index (χ1v) is 11.9. The average molecular weight is 442 g/mol. The van der Waals surface area contributed by atoms with Crippen LogP contribution in [-0.4, -0.2) is 47.8 Å². The Morgan fingerprint density at radius 2 is 1.77 bits per heavy atom. The van der Waals surface area contributed by atoms with E-state index in [4.69, 9.17) is 4.74 Å². The van der Waals surface area contributed by atoms with Gasteiger partial charge in [-0.05, 0) is 36.8 Å². The van der Waals surface area contributed by atoms with E-state index >= 15 is 0 Å². The second-order valence-corrected chi connectivity index (χ2v) is 9.19. The standard InChI is InChI=1S/C22H27N5O3S/c1-2-30-19-10-8-18(9-11-19)17-26-13-12-21-24-25-22(27(21)15-14-26)16-23-31(28,29)20-6-4-3-5-7-20/h3-11,23H,2,12-17H2,1H3. The molecule has 8 nitrogen and oxygen atoms in total. The third kappa shape index (κ3) is 5.30. The van der Waals surface area contributed by atoms with Gasteiger partial charge < -0.3 is 9.30 Å². The molecule has 1 N–H and O–H groups in total. The number of aromatic nitrogens is 3. The topological polar surface area (TPSA) is 89.3 Å². The fourth-order valence-electron chi connectivity index (χ4n) is 3.67. The molecule has 0 saturated carbocycles. The number of fused-ring (bicyclic) bond motifs is 1. The fraction of sp³-hybridized carbons (Fsp3) is 0.364. The number of sulfonamides is 1. The molecule has 0 fully saturated rings. The number of nitrogens with one attached hydrogen (secondary N) is 1. The van der Waals surface area contributed by atoms with Crippen molar-refractivity contribution < 1.29 is 13.2 Å². The molecule has 164 valence electrons. The van der Waals surface area contributed by atoms with E-state index in [1.54, 1.807) is 30.3 Å². The first kappa shape index (κ1) is 21.5. The largest absolute Gasteiger partial charge is 0.494 e. The first-order chi connectivity index (χ1) is 15.0. The van der Waals surface area contributed by atoms with Crippen LogP contribution in [0.25, 0.3) is 0 Å². The van der Waals surface area contributed by atoms with Gasteiger partial charge in [0, 0.05) is 32.6 Å². The monoisotopic (exact) mass is 441 g/mol. The van der Waals surface area contributed by atoms with Gasteiger partial charge in [-0.2, -0.15) is 0 Å². The maximum Gasteiger partial charge on any atom is 0.240 e. The summed E-state index contributed by atoms with van der Waals surface area (Å²) in [5.74, 6) is 2.41. The summed E-state index contributed by atoms with van der Waals surface area (Å²) in [6, 6.07) is 16.5. The minimum absolute atomic E-state index is 0.114. The number of hydrogen-bond acceptors (Lipinski definition) is 6. The van der Waals surface area contributed by atoms with Gasteiger partial charge in [0.05, 0.1) is 18.0 Å². The highest BCUT2D eigenvalue weighted by Gasteiger charge is 2.20. The van der Waals surface area contributed by atoms with E-state index in [0.717, 1.165) is 44.2 Å². The summed E-state index contributed by atoms with van der Waals surface area (Å²) in [4.78, 5) is 2.62. The molecule has 1 aliphatic heterocycles. The maximum absolute atomic E-state index is 12.5. The van der Waals surface area contributed by atoms with Crippen LogP contribution >= 0.6 is 0 Å². The molecular formula is C22H27N5O3S. The van der Waals surface area contributed by atoms with Gasteiger partial charge in [0.2, 0.25) is 10.0 Å². The zero-order valence-electron chi connectivity index (χ0n) is 17.6. The minimum Gasteiger partial charge on any atom is -0.494 e. The van der Waals surface area contributed by atoms with Gasteiger partial charge in [0.1, 0.15) is 17.4 Å². The highest BCUT2D eigenvalue weighted by Crippen LogP contribution is 2.16. The highest BCUT2D eigenvalue weighted by atomic mass is 32.2. The summed E-state index contributed by atoms with van der Waals surface area (Å²) in [7, 11) is -3.58. The summed E-state index contributed by atoms with van der Waals surface area (Å²) < 4.78 is 35.2. The lowest BCUT2D eigenvalue weighted by Gasteiger charge is -2.20. The van der Waals surface area contributed by atoms with Crippen molar-refractivity contribution in [1.29, 1.82) is 0 Å². The second kappa shape index (κ2) is 9.59. The average Bonchev–Trinajstić information content (AvgIpc) is 3.07. The van der Waals surface area contributed by atoms with Crippen LogP contribution in [0.5, 0.6) is 5.75 Å². The lowest BCUT2D eigenvalue weighted by molar-refractivity contribution is 0.270. The van der Waals surface area contributed by atoms with Gasteiger partial charge in [-0.25, -0.2) is 13.1 Å². The molecule has 0 spiro atoms. The Kier molecular flexibility index (Phi) is 6.64. The van der Waals surface area contributed by atoms with Crippen molar-refractivity contribution in [2.24, 2.45) is 0 Å². The molecule has 9 heteroatoms. The van der Waals surface area contributed by atoms with Crippen molar-refractivity contribution in [1.82, 2.24) is 24.4 Å². The van der Waals surface area contributed by atoms with Gasteiger partial charge in [-0.1, -0.05) is 30.3 Å². The molecule has 0 bridgehead atoms. The summed E-state index contributed by atoms with van der Waals surface area (Å²) in [6.45, 7) is 6.04. The molecule has 0 radical (unpaired) electrons. The third-order valence-electron chi connectivity index (χ3n) is 5.31. The number of nitrogens with zero attached hydrogens (tertiary/aromatic N) is 4. The summed E-state index contributed by atoms with van der Waals surface area (Å²) in [5, 5.41) is 8.52. The molecule has 31 heavy (non-hydrogen) atoms. The van der Waals surface area contributed by atoms with Crippen LogP contribution < -0.4 is 9.46 Å². The van der Waals surface area contributed by atoms with E-state index in [0.29, 0.717) is 12.4 Å².